The molecule has 3 N–H and O–H groups in total. The number of amides is 1. The minimum Gasteiger partial charge on any atom is -0.495 e. The number of piperidine rings is 1. The van der Waals surface area contributed by atoms with Crippen LogP contribution < -0.4 is 15.8 Å². The summed E-state index contributed by atoms with van der Waals surface area (Å²) < 4.78 is 5.08. The second-order valence-corrected chi connectivity index (χ2v) is 5.76. The first kappa shape index (κ1) is 19.0. The molecule has 1 aromatic rings. The minimum atomic E-state index is -0.0255. The van der Waals surface area contributed by atoms with E-state index in [0.717, 1.165) is 32.5 Å². The lowest BCUT2D eigenvalue weighted by molar-refractivity contribution is -0.117. The van der Waals surface area contributed by atoms with Crippen LogP contribution in [-0.2, 0) is 4.79 Å². The van der Waals surface area contributed by atoms with Gasteiger partial charge in [-0.3, -0.25) is 9.69 Å². The first-order chi connectivity index (χ1) is 10.1. The van der Waals surface area contributed by atoms with Crippen molar-refractivity contribution in [2.75, 3.05) is 38.6 Å². The van der Waals surface area contributed by atoms with Crippen LogP contribution >= 0.6 is 24.0 Å². The number of halogens is 2. The molecule has 0 saturated carbocycles. The van der Waals surface area contributed by atoms with E-state index in [9.17, 15) is 4.79 Å². The normalized spacial score (nSPS) is 16.0. The Balaban J connectivity index is 0.00000242. The van der Waals surface area contributed by atoms with Gasteiger partial charge in [0.25, 0.3) is 0 Å². The Morgan fingerprint density at radius 2 is 2.14 bits per heavy atom. The molecule has 0 unspecified atom stereocenters. The number of nitrogens with two attached hydrogens (primary N) is 1. The van der Waals surface area contributed by atoms with E-state index >= 15 is 0 Å². The van der Waals surface area contributed by atoms with E-state index in [1.807, 2.05) is 0 Å². The number of carbonyl (C=O) groups is 1. The van der Waals surface area contributed by atoms with E-state index in [2.05, 4.69) is 10.2 Å². The Labute approximate surface area is 142 Å². The molecule has 2 rings (SSSR count). The molecule has 0 aliphatic carbocycles. The number of nitrogens with zero attached hydrogens (tertiary/aromatic N) is 1. The number of nitrogens with one attached hydrogen (secondary N) is 1. The van der Waals surface area contributed by atoms with Gasteiger partial charge in [0.1, 0.15) is 5.75 Å². The summed E-state index contributed by atoms with van der Waals surface area (Å²) in [6, 6.07) is 5.22. The highest BCUT2D eigenvalue weighted by Crippen LogP contribution is 2.27. The number of likely N-dealkylation sites (tertiary alicyclic amines) is 1. The third kappa shape index (κ3) is 5.32. The van der Waals surface area contributed by atoms with Gasteiger partial charge in [0.15, 0.2) is 0 Å². The van der Waals surface area contributed by atoms with Gasteiger partial charge >= 0.3 is 0 Å². The first-order valence-corrected chi connectivity index (χ1v) is 7.56. The molecule has 0 aromatic heterocycles. The Bertz CT molecular complexity index is 492. The summed E-state index contributed by atoms with van der Waals surface area (Å²) in [5, 5.41) is 3.35. The minimum absolute atomic E-state index is 0. The zero-order valence-electron chi connectivity index (χ0n) is 12.7. The van der Waals surface area contributed by atoms with Crippen molar-refractivity contribution in [3.8, 4) is 5.75 Å². The zero-order chi connectivity index (χ0) is 15.2. The Hall–Kier alpha value is -1.01. The van der Waals surface area contributed by atoms with Gasteiger partial charge in [-0.2, -0.15) is 0 Å². The van der Waals surface area contributed by atoms with Gasteiger partial charge in [0, 0.05) is 5.69 Å². The van der Waals surface area contributed by atoms with Crippen LogP contribution in [0.2, 0.25) is 5.02 Å². The first-order valence-electron chi connectivity index (χ1n) is 7.18. The van der Waals surface area contributed by atoms with Crippen LogP contribution in [0.5, 0.6) is 5.75 Å². The number of carbonyl (C=O) groups excluding carboxylic acids is 1. The number of rotatable bonds is 5. The number of hydrogen-bond donors (Lipinski definition) is 2. The molecule has 1 saturated heterocycles. The lowest BCUT2D eigenvalue weighted by Gasteiger charge is -2.30. The molecule has 5 nitrogen and oxygen atoms in total. The molecule has 1 aliphatic heterocycles. The summed E-state index contributed by atoms with van der Waals surface area (Å²) >= 11 is 6.04. The van der Waals surface area contributed by atoms with Crippen LogP contribution in [0.1, 0.15) is 12.8 Å². The van der Waals surface area contributed by atoms with Gasteiger partial charge in [-0.1, -0.05) is 11.6 Å². The van der Waals surface area contributed by atoms with Crippen LogP contribution in [0.25, 0.3) is 0 Å². The fourth-order valence-electron chi connectivity index (χ4n) is 2.53. The predicted octanol–water partition coefficient (Wildman–Crippen LogP) is 2.38. The maximum atomic E-state index is 12.0. The second kappa shape index (κ2) is 9.20. The summed E-state index contributed by atoms with van der Waals surface area (Å²) in [6.45, 7) is 3.00. The molecule has 1 heterocycles. The maximum Gasteiger partial charge on any atom is 0.238 e. The lowest BCUT2D eigenvalue weighted by Crippen LogP contribution is -2.40. The summed E-state index contributed by atoms with van der Waals surface area (Å²) in [7, 11) is 1.56. The van der Waals surface area contributed by atoms with Gasteiger partial charge < -0.3 is 15.8 Å². The molecule has 1 amide bonds. The average Bonchev–Trinajstić information content (AvgIpc) is 2.48. The summed E-state index contributed by atoms with van der Waals surface area (Å²) in [5.41, 5.74) is 6.35. The lowest BCUT2D eigenvalue weighted by atomic mass is 9.97. The van der Waals surface area contributed by atoms with Crippen molar-refractivity contribution in [1.82, 2.24) is 4.90 Å². The van der Waals surface area contributed by atoms with Crippen molar-refractivity contribution in [3.05, 3.63) is 23.2 Å². The smallest absolute Gasteiger partial charge is 0.238 e. The molecule has 1 aromatic carbocycles. The summed E-state index contributed by atoms with van der Waals surface area (Å²) in [6.07, 6.45) is 2.14. The Morgan fingerprint density at radius 1 is 1.45 bits per heavy atom. The Kier molecular flexibility index (Phi) is 7.96. The van der Waals surface area contributed by atoms with Crippen LogP contribution in [0, 0.1) is 5.92 Å². The number of methoxy groups -OCH3 is 1. The molecular formula is C15H23Cl2N3O2. The molecule has 0 atom stereocenters. The van der Waals surface area contributed by atoms with Crippen molar-refractivity contribution in [3.63, 3.8) is 0 Å². The standard InChI is InChI=1S/C15H22ClN3O2.ClH/c1-21-14-3-2-12(8-13(14)16)18-15(20)10-19-6-4-11(9-17)5-7-19;/h2-3,8,11H,4-7,9-10,17H2,1H3,(H,18,20);1H. The van der Waals surface area contributed by atoms with Crippen molar-refractivity contribution >= 4 is 35.6 Å². The van der Waals surface area contributed by atoms with Crippen molar-refractivity contribution in [2.24, 2.45) is 11.7 Å². The predicted molar refractivity (Wildman–Crippen MR) is 92.1 cm³/mol. The molecule has 0 radical (unpaired) electrons. The van der Waals surface area contributed by atoms with Gasteiger partial charge in [-0.05, 0) is 56.6 Å². The van der Waals surface area contributed by atoms with Crippen LogP contribution in [-0.4, -0.2) is 44.1 Å². The average molecular weight is 348 g/mol. The second-order valence-electron chi connectivity index (χ2n) is 5.35. The Morgan fingerprint density at radius 3 is 2.68 bits per heavy atom. The van der Waals surface area contributed by atoms with Gasteiger partial charge in [-0.25, -0.2) is 0 Å². The largest absolute Gasteiger partial charge is 0.495 e. The molecule has 1 fully saturated rings. The van der Waals surface area contributed by atoms with E-state index in [0.29, 0.717) is 28.9 Å². The summed E-state index contributed by atoms with van der Waals surface area (Å²) in [4.78, 5) is 14.2. The zero-order valence-corrected chi connectivity index (χ0v) is 14.3. The van der Waals surface area contributed by atoms with E-state index < -0.39 is 0 Å². The van der Waals surface area contributed by atoms with Crippen LogP contribution in [0.15, 0.2) is 18.2 Å². The van der Waals surface area contributed by atoms with E-state index in [4.69, 9.17) is 22.1 Å². The molecule has 22 heavy (non-hydrogen) atoms. The third-order valence-electron chi connectivity index (χ3n) is 3.84. The summed E-state index contributed by atoms with van der Waals surface area (Å²) in [5.74, 6) is 1.17. The van der Waals surface area contributed by atoms with Crippen molar-refractivity contribution in [2.45, 2.75) is 12.8 Å². The monoisotopic (exact) mass is 347 g/mol. The SMILES string of the molecule is COc1ccc(NC(=O)CN2CCC(CN)CC2)cc1Cl.Cl. The molecule has 1 aliphatic rings. The number of hydrogen-bond acceptors (Lipinski definition) is 4. The van der Waals surface area contributed by atoms with Gasteiger partial charge in [0.2, 0.25) is 5.91 Å². The van der Waals surface area contributed by atoms with Crippen molar-refractivity contribution in [1.29, 1.82) is 0 Å². The molecular weight excluding hydrogens is 325 g/mol. The van der Waals surface area contributed by atoms with Gasteiger partial charge in [0.05, 0.1) is 18.7 Å². The number of ether oxygens (including phenoxy) is 1. The van der Waals surface area contributed by atoms with Crippen LogP contribution in [0.3, 0.4) is 0 Å². The van der Waals surface area contributed by atoms with E-state index in [1.54, 1.807) is 25.3 Å². The molecule has 0 bridgehead atoms. The van der Waals surface area contributed by atoms with E-state index in [1.165, 1.54) is 0 Å². The quantitative estimate of drug-likeness (QED) is 0.857. The maximum absolute atomic E-state index is 12.0. The van der Waals surface area contributed by atoms with Crippen LogP contribution in [0.4, 0.5) is 5.69 Å². The van der Waals surface area contributed by atoms with Crippen molar-refractivity contribution < 1.29 is 9.53 Å². The van der Waals surface area contributed by atoms with E-state index in [-0.39, 0.29) is 18.3 Å². The highest BCUT2D eigenvalue weighted by molar-refractivity contribution is 6.32. The third-order valence-corrected chi connectivity index (χ3v) is 4.14. The topological polar surface area (TPSA) is 67.6 Å². The highest BCUT2D eigenvalue weighted by Gasteiger charge is 2.19. The number of anilines is 1. The molecule has 124 valence electrons. The fourth-order valence-corrected chi connectivity index (χ4v) is 2.79. The highest BCUT2D eigenvalue weighted by atomic mass is 35.5. The number of benzene rings is 1. The molecule has 7 heteroatoms. The molecule has 0 spiro atoms. The fraction of sp³-hybridized carbons (Fsp3) is 0.533. The van der Waals surface area contributed by atoms with Gasteiger partial charge in [-0.15, -0.1) is 12.4 Å².